The Balaban J connectivity index is 1.57. The molecule has 0 radical (unpaired) electrons. The zero-order valence-electron chi connectivity index (χ0n) is 16.8. The lowest BCUT2D eigenvalue weighted by atomic mass is 10.0. The highest BCUT2D eigenvalue weighted by molar-refractivity contribution is 5.93. The molecule has 1 N–H and O–H groups in total. The second kappa shape index (κ2) is 9.05. The van der Waals surface area contributed by atoms with Gasteiger partial charge in [-0.15, -0.1) is 0 Å². The van der Waals surface area contributed by atoms with Crippen LogP contribution in [0.4, 0.5) is 11.4 Å². The molecule has 1 heterocycles. The molecule has 144 valence electrons. The van der Waals surface area contributed by atoms with Gasteiger partial charge in [0, 0.05) is 37.6 Å². The maximum atomic E-state index is 12.7. The maximum absolute atomic E-state index is 12.7. The van der Waals surface area contributed by atoms with Gasteiger partial charge in [0.15, 0.2) is 0 Å². The molecule has 0 saturated carbocycles. The monoisotopic (exact) mass is 365 g/mol. The Morgan fingerprint density at radius 2 is 1.56 bits per heavy atom. The smallest absolute Gasteiger partial charge is 0.238 e. The topological polar surface area (TPSA) is 35.6 Å². The molecule has 3 rings (SSSR count). The van der Waals surface area contributed by atoms with Crippen molar-refractivity contribution in [2.24, 2.45) is 0 Å². The third-order valence-electron chi connectivity index (χ3n) is 5.46. The number of para-hydroxylation sites is 2. The van der Waals surface area contributed by atoms with Crippen molar-refractivity contribution in [3.63, 3.8) is 0 Å². The maximum Gasteiger partial charge on any atom is 0.238 e. The molecule has 4 heteroatoms. The number of amides is 1. The number of benzene rings is 2. The minimum Gasteiger partial charge on any atom is -0.369 e. The second-order valence-corrected chi connectivity index (χ2v) is 7.26. The number of piperazine rings is 1. The Kier molecular flexibility index (Phi) is 6.51. The molecule has 4 nitrogen and oxygen atoms in total. The highest BCUT2D eigenvalue weighted by Gasteiger charge is 2.20. The van der Waals surface area contributed by atoms with Gasteiger partial charge in [-0.2, -0.15) is 0 Å². The van der Waals surface area contributed by atoms with E-state index in [0.717, 1.165) is 44.7 Å². The fraction of sp³-hybridized carbons (Fsp3) is 0.435. The van der Waals surface area contributed by atoms with Crippen molar-refractivity contribution < 1.29 is 4.79 Å². The van der Waals surface area contributed by atoms with Gasteiger partial charge in [-0.05, 0) is 42.5 Å². The number of nitrogens with one attached hydrogen (secondary N) is 1. The lowest BCUT2D eigenvalue weighted by molar-refractivity contribution is -0.117. The van der Waals surface area contributed by atoms with Crippen LogP contribution in [0.25, 0.3) is 0 Å². The molecule has 0 unspecified atom stereocenters. The number of carbonyl (C=O) groups excluding carboxylic acids is 1. The van der Waals surface area contributed by atoms with Crippen molar-refractivity contribution in [1.82, 2.24) is 4.90 Å². The van der Waals surface area contributed by atoms with Gasteiger partial charge < -0.3 is 10.2 Å². The molecule has 1 aliphatic rings. The molecule has 27 heavy (non-hydrogen) atoms. The number of rotatable bonds is 6. The Bertz CT molecular complexity index is 757. The summed E-state index contributed by atoms with van der Waals surface area (Å²) in [4.78, 5) is 17.3. The van der Waals surface area contributed by atoms with Crippen LogP contribution in [0.5, 0.6) is 0 Å². The van der Waals surface area contributed by atoms with Gasteiger partial charge >= 0.3 is 0 Å². The number of hydrogen-bond acceptors (Lipinski definition) is 3. The Labute approximate surface area is 163 Å². The first-order chi connectivity index (χ1) is 13.1. The van der Waals surface area contributed by atoms with Crippen LogP contribution in [0.1, 0.15) is 30.5 Å². The fourth-order valence-electron chi connectivity index (χ4n) is 3.85. The van der Waals surface area contributed by atoms with Crippen LogP contribution in [0, 0.1) is 6.92 Å². The van der Waals surface area contributed by atoms with Crippen molar-refractivity contribution in [3.05, 3.63) is 59.2 Å². The van der Waals surface area contributed by atoms with E-state index in [1.165, 1.54) is 22.4 Å². The molecule has 1 saturated heterocycles. The SMILES string of the molecule is CCc1cccc(CC)c1NC(=O)CN1CCN(c2ccccc2C)CC1. The predicted octanol–water partition coefficient (Wildman–Crippen LogP) is 3.88. The minimum absolute atomic E-state index is 0.0925. The van der Waals surface area contributed by atoms with Gasteiger partial charge in [0.2, 0.25) is 5.91 Å². The van der Waals surface area contributed by atoms with E-state index in [1.807, 2.05) is 0 Å². The summed E-state index contributed by atoms with van der Waals surface area (Å²) in [5.41, 5.74) is 6.07. The van der Waals surface area contributed by atoms with E-state index >= 15 is 0 Å². The van der Waals surface area contributed by atoms with Crippen LogP contribution < -0.4 is 10.2 Å². The van der Waals surface area contributed by atoms with E-state index in [9.17, 15) is 4.79 Å². The van der Waals surface area contributed by atoms with E-state index in [-0.39, 0.29) is 5.91 Å². The lowest BCUT2D eigenvalue weighted by Crippen LogP contribution is -2.48. The molecular formula is C23H31N3O. The second-order valence-electron chi connectivity index (χ2n) is 7.26. The van der Waals surface area contributed by atoms with Crippen LogP contribution in [0.3, 0.4) is 0 Å². The largest absolute Gasteiger partial charge is 0.369 e. The zero-order chi connectivity index (χ0) is 19.2. The van der Waals surface area contributed by atoms with Crippen molar-refractivity contribution in [1.29, 1.82) is 0 Å². The summed E-state index contributed by atoms with van der Waals surface area (Å²) in [7, 11) is 0. The van der Waals surface area contributed by atoms with Crippen LogP contribution >= 0.6 is 0 Å². The average Bonchev–Trinajstić information content (AvgIpc) is 2.69. The quantitative estimate of drug-likeness (QED) is 0.844. The van der Waals surface area contributed by atoms with Crippen LogP contribution in [-0.4, -0.2) is 43.5 Å². The Morgan fingerprint density at radius 3 is 2.15 bits per heavy atom. The first-order valence-electron chi connectivity index (χ1n) is 10.1. The Morgan fingerprint density at radius 1 is 0.926 bits per heavy atom. The summed E-state index contributed by atoms with van der Waals surface area (Å²) in [6.45, 7) is 10.6. The van der Waals surface area contributed by atoms with E-state index in [0.29, 0.717) is 6.54 Å². The van der Waals surface area contributed by atoms with Gasteiger partial charge in [0.05, 0.1) is 6.54 Å². The van der Waals surface area contributed by atoms with Gasteiger partial charge in [0.1, 0.15) is 0 Å². The first-order valence-corrected chi connectivity index (χ1v) is 10.1. The van der Waals surface area contributed by atoms with E-state index in [1.54, 1.807) is 0 Å². The van der Waals surface area contributed by atoms with Gasteiger partial charge in [-0.25, -0.2) is 0 Å². The fourth-order valence-corrected chi connectivity index (χ4v) is 3.85. The van der Waals surface area contributed by atoms with Crippen LogP contribution in [-0.2, 0) is 17.6 Å². The molecule has 0 atom stereocenters. The molecule has 0 bridgehead atoms. The van der Waals surface area contributed by atoms with E-state index in [4.69, 9.17) is 0 Å². The molecule has 0 aliphatic carbocycles. The average molecular weight is 366 g/mol. The zero-order valence-corrected chi connectivity index (χ0v) is 16.8. The van der Waals surface area contributed by atoms with Crippen molar-refractivity contribution in [2.75, 3.05) is 42.9 Å². The third-order valence-corrected chi connectivity index (χ3v) is 5.46. The van der Waals surface area contributed by atoms with Gasteiger partial charge in [0.25, 0.3) is 0 Å². The summed E-state index contributed by atoms with van der Waals surface area (Å²) < 4.78 is 0. The molecule has 2 aromatic rings. The normalized spacial score (nSPS) is 15.0. The molecule has 2 aromatic carbocycles. The summed E-state index contributed by atoms with van der Waals surface area (Å²) in [6.07, 6.45) is 1.86. The molecule has 1 fully saturated rings. The third kappa shape index (κ3) is 4.69. The van der Waals surface area contributed by atoms with Crippen molar-refractivity contribution >= 4 is 17.3 Å². The number of carbonyl (C=O) groups is 1. The molecule has 1 aliphatic heterocycles. The van der Waals surface area contributed by atoms with E-state index < -0.39 is 0 Å². The summed E-state index contributed by atoms with van der Waals surface area (Å²) in [5, 5.41) is 3.19. The number of anilines is 2. The molecule has 1 amide bonds. The summed E-state index contributed by atoms with van der Waals surface area (Å²) in [5.74, 6) is 0.0925. The standard InChI is InChI=1S/C23H31N3O/c1-4-19-10-8-11-20(5-2)23(19)24-22(27)17-25-13-15-26(16-14-25)21-12-7-6-9-18(21)3/h6-12H,4-5,13-17H2,1-3H3,(H,24,27). The predicted molar refractivity (Wildman–Crippen MR) is 114 cm³/mol. The number of nitrogens with zero attached hydrogens (tertiary/aromatic N) is 2. The molecular weight excluding hydrogens is 334 g/mol. The molecule has 0 aromatic heterocycles. The first kappa shape index (κ1) is 19.4. The van der Waals surface area contributed by atoms with Crippen LogP contribution in [0.15, 0.2) is 42.5 Å². The lowest BCUT2D eigenvalue weighted by Gasteiger charge is -2.36. The van der Waals surface area contributed by atoms with Crippen molar-refractivity contribution in [2.45, 2.75) is 33.6 Å². The minimum atomic E-state index is 0.0925. The number of aryl methyl sites for hydroxylation is 3. The van der Waals surface area contributed by atoms with E-state index in [2.05, 4.69) is 78.4 Å². The van der Waals surface area contributed by atoms with Crippen LogP contribution in [0.2, 0.25) is 0 Å². The van der Waals surface area contributed by atoms with Gasteiger partial charge in [-0.1, -0.05) is 50.2 Å². The number of hydrogen-bond donors (Lipinski definition) is 1. The van der Waals surface area contributed by atoms with Crippen molar-refractivity contribution in [3.8, 4) is 0 Å². The van der Waals surface area contributed by atoms with Gasteiger partial charge in [-0.3, -0.25) is 9.69 Å². The molecule has 0 spiro atoms. The summed E-state index contributed by atoms with van der Waals surface area (Å²) in [6, 6.07) is 14.8. The Hall–Kier alpha value is -2.33. The highest BCUT2D eigenvalue weighted by atomic mass is 16.2. The summed E-state index contributed by atoms with van der Waals surface area (Å²) >= 11 is 0. The highest BCUT2D eigenvalue weighted by Crippen LogP contribution is 2.23.